The van der Waals surface area contributed by atoms with E-state index in [0.717, 1.165) is 0 Å². The SMILES string of the molecule is O=C(O)Cn1cc(N2CC(S)CC2=O)cn1. The second-order valence-corrected chi connectivity index (χ2v) is 4.38. The highest BCUT2D eigenvalue weighted by Gasteiger charge is 2.29. The van der Waals surface area contributed by atoms with E-state index in [-0.39, 0.29) is 17.7 Å². The quantitative estimate of drug-likeness (QED) is 0.731. The van der Waals surface area contributed by atoms with Crippen LogP contribution >= 0.6 is 12.6 Å². The van der Waals surface area contributed by atoms with Crippen molar-refractivity contribution in [3.05, 3.63) is 12.4 Å². The molecule has 1 aliphatic rings. The van der Waals surface area contributed by atoms with Crippen molar-refractivity contribution in [2.75, 3.05) is 11.4 Å². The zero-order valence-electron chi connectivity index (χ0n) is 8.41. The fourth-order valence-corrected chi connectivity index (χ4v) is 1.97. The number of amides is 1. The normalized spacial score (nSPS) is 20.4. The summed E-state index contributed by atoms with van der Waals surface area (Å²) in [4.78, 5) is 23.6. The van der Waals surface area contributed by atoms with E-state index >= 15 is 0 Å². The molecule has 0 spiro atoms. The summed E-state index contributed by atoms with van der Waals surface area (Å²) >= 11 is 4.24. The molecule has 7 heteroatoms. The third-order valence-electron chi connectivity index (χ3n) is 2.33. The highest BCUT2D eigenvalue weighted by molar-refractivity contribution is 7.81. The largest absolute Gasteiger partial charge is 0.480 e. The molecular formula is C9H11N3O3S. The van der Waals surface area contributed by atoms with Crippen LogP contribution in [0.3, 0.4) is 0 Å². The fraction of sp³-hybridized carbons (Fsp3) is 0.444. The molecule has 86 valence electrons. The molecule has 1 aromatic rings. The third kappa shape index (κ3) is 2.19. The summed E-state index contributed by atoms with van der Waals surface area (Å²) in [5.41, 5.74) is 0.628. The van der Waals surface area contributed by atoms with Crippen LogP contribution in [0, 0.1) is 0 Å². The van der Waals surface area contributed by atoms with Gasteiger partial charge in [-0.2, -0.15) is 17.7 Å². The molecule has 1 atom stereocenters. The number of carboxylic acid groups (broad SMARTS) is 1. The van der Waals surface area contributed by atoms with E-state index in [4.69, 9.17) is 5.11 Å². The summed E-state index contributed by atoms with van der Waals surface area (Å²) in [7, 11) is 0. The number of thiol groups is 1. The van der Waals surface area contributed by atoms with E-state index < -0.39 is 5.97 Å². The first kappa shape index (κ1) is 11.0. The van der Waals surface area contributed by atoms with Gasteiger partial charge in [-0.25, -0.2) is 0 Å². The minimum absolute atomic E-state index is 0.00475. The van der Waals surface area contributed by atoms with E-state index in [2.05, 4.69) is 17.7 Å². The number of aromatic nitrogens is 2. The third-order valence-corrected chi connectivity index (χ3v) is 2.68. The standard InChI is InChI=1S/C9H11N3O3S/c13-8-1-7(16)4-12(8)6-2-10-11(3-6)5-9(14)15/h2-3,7,16H,1,4-5H2,(H,14,15). The zero-order valence-corrected chi connectivity index (χ0v) is 9.30. The molecule has 1 aliphatic heterocycles. The minimum Gasteiger partial charge on any atom is -0.480 e. The van der Waals surface area contributed by atoms with Crippen LogP contribution in [-0.2, 0) is 16.1 Å². The van der Waals surface area contributed by atoms with Crippen molar-refractivity contribution in [3.8, 4) is 0 Å². The number of carbonyl (C=O) groups is 2. The molecule has 0 aliphatic carbocycles. The van der Waals surface area contributed by atoms with Gasteiger partial charge in [-0.1, -0.05) is 0 Å². The summed E-state index contributed by atoms with van der Waals surface area (Å²) in [6, 6.07) is 0. The summed E-state index contributed by atoms with van der Waals surface area (Å²) in [5.74, 6) is -0.968. The molecule has 1 N–H and O–H groups in total. The molecule has 0 saturated carbocycles. The van der Waals surface area contributed by atoms with Gasteiger partial charge < -0.3 is 10.0 Å². The van der Waals surface area contributed by atoms with Gasteiger partial charge in [0.2, 0.25) is 5.91 Å². The van der Waals surface area contributed by atoms with Gasteiger partial charge in [0.25, 0.3) is 0 Å². The van der Waals surface area contributed by atoms with Crippen molar-refractivity contribution >= 4 is 30.2 Å². The summed E-state index contributed by atoms with van der Waals surface area (Å²) < 4.78 is 1.29. The number of aliphatic carboxylic acids is 1. The van der Waals surface area contributed by atoms with E-state index in [1.54, 1.807) is 11.1 Å². The number of carboxylic acids is 1. The van der Waals surface area contributed by atoms with Crippen molar-refractivity contribution in [3.63, 3.8) is 0 Å². The van der Waals surface area contributed by atoms with Gasteiger partial charge in [-0.3, -0.25) is 14.3 Å². The second-order valence-electron chi connectivity index (χ2n) is 3.65. The Balaban J connectivity index is 2.13. The van der Waals surface area contributed by atoms with Gasteiger partial charge in [0, 0.05) is 24.4 Å². The van der Waals surface area contributed by atoms with Crippen molar-refractivity contribution < 1.29 is 14.7 Å². The lowest BCUT2D eigenvalue weighted by molar-refractivity contribution is -0.137. The maximum Gasteiger partial charge on any atom is 0.325 e. The smallest absolute Gasteiger partial charge is 0.325 e. The Morgan fingerprint density at radius 2 is 2.44 bits per heavy atom. The average molecular weight is 241 g/mol. The van der Waals surface area contributed by atoms with Crippen LogP contribution in [0.5, 0.6) is 0 Å². The minimum atomic E-state index is -0.963. The van der Waals surface area contributed by atoms with Crippen LogP contribution in [-0.4, -0.2) is 38.6 Å². The monoisotopic (exact) mass is 241 g/mol. The number of carbonyl (C=O) groups excluding carboxylic acids is 1. The molecule has 6 nitrogen and oxygen atoms in total. The maximum absolute atomic E-state index is 11.5. The van der Waals surface area contributed by atoms with Crippen molar-refractivity contribution in [2.45, 2.75) is 18.2 Å². The Hall–Kier alpha value is -1.50. The second kappa shape index (κ2) is 4.17. The van der Waals surface area contributed by atoms with E-state index in [9.17, 15) is 9.59 Å². The van der Waals surface area contributed by atoms with Gasteiger partial charge >= 0.3 is 5.97 Å². The van der Waals surface area contributed by atoms with Crippen LogP contribution in [0.2, 0.25) is 0 Å². The molecule has 0 aromatic carbocycles. The molecule has 0 bridgehead atoms. The van der Waals surface area contributed by atoms with Crippen LogP contribution < -0.4 is 4.90 Å². The average Bonchev–Trinajstić information content (AvgIpc) is 2.72. The summed E-state index contributed by atoms with van der Waals surface area (Å²) in [5, 5.41) is 12.5. The number of nitrogens with zero attached hydrogens (tertiary/aromatic N) is 3. The predicted molar refractivity (Wildman–Crippen MR) is 59.6 cm³/mol. The van der Waals surface area contributed by atoms with E-state index in [0.29, 0.717) is 18.7 Å². The Morgan fingerprint density at radius 1 is 1.69 bits per heavy atom. The summed E-state index contributed by atoms with van der Waals surface area (Å²) in [6.45, 7) is 0.340. The van der Waals surface area contributed by atoms with Crippen molar-refractivity contribution in [1.29, 1.82) is 0 Å². The van der Waals surface area contributed by atoms with Crippen LogP contribution in [0.4, 0.5) is 5.69 Å². The van der Waals surface area contributed by atoms with E-state index in [1.807, 2.05) is 0 Å². The Labute approximate surface area is 97.3 Å². The zero-order chi connectivity index (χ0) is 11.7. The lowest BCUT2D eigenvalue weighted by Crippen LogP contribution is -2.24. The molecule has 1 amide bonds. The van der Waals surface area contributed by atoms with Crippen LogP contribution in [0.25, 0.3) is 0 Å². The van der Waals surface area contributed by atoms with E-state index in [1.165, 1.54) is 10.9 Å². The molecule has 1 aromatic heterocycles. The van der Waals surface area contributed by atoms with Crippen molar-refractivity contribution in [2.24, 2.45) is 0 Å². The van der Waals surface area contributed by atoms with Crippen LogP contribution in [0.1, 0.15) is 6.42 Å². The first-order valence-corrected chi connectivity index (χ1v) is 5.30. The first-order valence-electron chi connectivity index (χ1n) is 4.79. The lowest BCUT2D eigenvalue weighted by atomic mass is 10.4. The van der Waals surface area contributed by atoms with Gasteiger partial charge in [-0.15, -0.1) is 0 Å². The lowest BCUT2D eigenvalue weighted by Gasteiger charge is -2.12. The number of rotatable bonds is 3. The van der Waals surface area contributed by atoms with Crippen molar-refractivity contribution in [1.82, 2.24) is 9.78 Å². The molecule has 1 fully saturated rings. The topological polar surface area (TPSA) is 75.4 Å². The molecule has 0 radical (unpaired) electrons. The predicted octanol–water partition coefficient (Wildman–Crippen LogP) is 0.00280. The Bertz CT molecular complexity index is 431. The number of hydrogen-bond acceptors (Lipinski definition) is 4. The Morgan fingerprint density at radius 3 is 3.00 bits per heavy atom. The fourth-order valence-electron chi connectivity index (χ4n) is 1.66. The number of hydrogen-bond donors (Lipinski definition) is 2. The highest BCUT2D eigenvalue weighted by Crippen LogP contribution is 2.23. The van der Waals surface area contributed by atoms with Gasteiger partial charge in [0.15, 0.2) is 0 Å². The Kier molecular flexibility index (Phi) is 2.86. The molecule has 1 unspecified atom stereocenters. The number of anilines is 1. The van der Waals surface area contributed by atoms with Gasteiger partial charge in [0.05, 0.1) is 11.9 Å². The molecule has 2 rings (SSSR count). The van der Waals surface area contributed by atoms with Gasteiger partial charge in [-0.05, 0) is 0 Å². The molecular weight excluding hydrogens is 230 g/mol. The van der Waals surface area contributed by atoms with Crippen LogP contribution in [0.15, 0.2) is 12.4 Å². The molecule has 16 heavy (non-hydrogen) atoms. The highest BCUT2D eigenvalue weighted by atomic mass is 32.1. The maximum atomic E-state index is 11.5. The first-order chi connectivity index (χ1) is 7.56. The van der Waals surface area contributed by atoms with Gasteiger partial charge in [0.1, 0.15) is 6.54 Å². The molecule has 2 heterocycles. The molecule has 1 saturated heterocycles. The summed E-state index contributed by atoms with van der Waals surface area (Å²) in [6.07, 6.45) is 3.46.